The second-order valence-corrected chi connectivity index (χ2v) is 8.48. The molecule has 142 valence electrons. The van der Waals surface area contributed by atoms with Crippen molar-refractivity contribution in [2.45, 2.75) is 63.5 Å². The van der Waals surface area contributed by atoms with Gasteiger partial charge in [0.2, 0.25) is 5.91 Å². The van der Waals surface area contributed by atoms with Crippen LogP contribution in [-0.4, -0.2) is 33.3 Å². The van der Waals surface area contributed by atoms with Crippen LogP contribution in [0.15, 0.2) is 35.8 Å². The second kappa shape index (κ2) is 7.08. The van der Waals surface area contributed by atoms with Crippen LogP contribution >= 0.6 is 11.3 Å². The molecule has 1 aromatic carbocycles. The number of anilines is 1. The molecule has 1 saturated carbocycles. The molecule has 4 rings (SSSR count). The Bertz CT molecular complexity index is 843. The first kappa shape index (κ1) is 18.2. The largest absolute Gasteiger partial charge is 0.329 e. The molecule has 1 aliphatic heterocycles. The molecule has 1 spiro atoms. The first-order valence-corrected chi connectivity index (χ1v) is 10.6. The fourth-order valence-corrected chi connectivity index (χ4v) is 5.42. The zero-order valence-electron chi connectivity index (χ0n) is 15.8. The average Bonchev–Trinajstić information content (AvgIpc) is 3.34. The lowest BCUT2D eigenvalue weighted by molar-refractivity contribution is -0.121. The van der Waals surface area contributed by atoms with E-state index in [-0.39, 0.29) is 23.8 Å². The summed E-state index contributed by atoms with van der Waals surface area (Å²) in [6.07, 6.45) is 6.39. The quantitative estimate of drug-likeness (QED) is 0.849. The standard InChI is InChI=1S/C21H25N3O2S/c1-3-14(2)24-19(26)16-9-5-4-8-15(16)17(21(24)10-6-7-11-21)18(25)23-20-22-12-13-27-20/h4-5,8-9,12-14,17H,3,6-7,10-11H2,1-2H3,(H,22,23,25)/t14-,17+/m0/s1. The van der Waals surface area contributed by atoms with Gasteiger partial charge in [0.1, 0.15) is 0 Å². The van der Waals surface area contributed by atoms with E-state index in [9.17, 15) is 9.59 Å². The van der Waals surface area contributed by atoms with E-state index in [2.05, 4.69) is 24.1 Å². The molecule has 2 aromatic rings. The zero-order chi connectivity index (χ0) is 19.0. The Morgan fingerprint density at radius 3 is 2.78 bits per heavy atom. The fourth-order valence-electron chi connectivity index (χ4n) is 4.89. The molecule has 2 heterocycles. The van der Waals surface area contributed by atoms with Gasteiger partial charge in [-0.1, -0.05) is 38.0 Å². The van der Waals surface area contributed by atoms with Gasteiger partial charge in [-0.15, -0.1) is 11.3 Å². The summed E-state index contributed by atoms with van der Waals surface area (Å²) in [4.78, 5) is 33.2. The first-order valence-electron chi connectivity index (χ1n) is 9.71. The summed E-state index contributed by atoms with van der Waals surface area (Å²) in [7, 11) is 0. The number of benzene rings is 1. The van der Waals surface area contributed by atoms with Crippen LogP contribution in [0.4, 0.5) is 5.13 Å². The number of carbonyl (C=O) groups excluding carboxylic acids is 2. The Hall–Kier alpha value is -2.21. The van der Waals surface area contributed by atoms with Crippen LogP contribution in [0, 0.1) is 0 Å². The summed E-state index contributed by atoms with van der Waals surface area (Å²) in [6, 6.07) is 7.72. The summed E-state index contributed by atoms with van der Waals surface area (Å²) in [5.41, 5.74) is 1.08. The summed E-state index contributed by atoms with van der Waals surface area (Å²) >= 11 is 1.42. The number of hydrogen-bond donors (Lipinski definition) is 1. The van der Waals surface area contributed by atoms with Gasteiger partial charge in [-0.2, -0.15) is 0 Å². The maximum atomic E-state index is 13.5. The fraction of sp³-hybridized carbons (Fsp3) is 0.476. The van der Waals surface area contributed by atoms with E-state index in [4.69, 9.17) is 0 Å². The van der Waals surface area contributed by atoms with Gasteiger partial charge >= 0.3 is 0 Å². The van der Waals surface area contributed by atoms with Crippen LogP contribution in [0.2, 0.25) is 0 Å². The second-order valence-electron chi connectivity index (χ2n) is 7.59. The van der Waals surface area contributed by atoms with Crippen molar-refractivity contribution in [1.82, 2.24) is 9.88 Å². The molecule has 1 aliphatic carbocycles. The molecule has 0 radical (unpaired) electrons. The van der Waals surface area contributed by atoms with E-state index < -0.39 is 5.54 Å². The highest BCUT2D eigenvalue weighted by Gasteiger charge is 2.56. The zero-order valence-corrected chi connectivity index (χ0v) is 16.6. The van der Waals surface area contributed by atoms with Crippen molar-refractivity contribution < 1.29 is 9.59 Å². The molecule has 2 amide bonds. The van der Waals surface area contributed by atoms with Crippen LogP contribution in [0.1, 0.15) is 67.8 Å². The highest BCUT2D eigenvalue weighted by atomic mass is 32.1. The van der Waals surface area contributed by atoms with Gasteiger partial charge in [0, 0.05) is 23.2 Å². The number of hydrogen-bond acceptors (Lipinski definition) is 4. The maximum Gasteiger partial charge on any atom is 0.254 e. The third-order valence-corrected chi connectivity index (χ3v) is 6.85. The van der Waals surface area contributed by atoms with E-state index in [0.717, 1.165) is 37.7 Å². The lowest BCUT2D eigenvalue weighted by Gasteiger charge is -2.52. The Labute approximate surface area is 163 Å². The van der Waals surface area contributed by atoms with Crippen molar-refractivity contribution in [2.75, 3.05) is 5.32 Å². The van der Waals surface area contributed by atoms with Crippen LogP contribution in [0.5, 0.6) is 0 Å². The summed E-state index contributed by atoms with van der Waals surface area (Å²) in [5.74, 6) is -0.355. The number of carbonyl (C=O) groups is 2. The topological polar surface area (TPSA) is 62.3 Å². The number of amides is 2. The molecule has 2 aliphatic rings. The molecule has 0 saturated heterocycles. The maximum absolute atomic E-state index is 13.5. The van der Waals surface area contributed by atoms with Gasteiger partial charge in [0.25, 0.3) is 5.91 Å². The highest BCUT2D eigenvalue weighted by molar-refractivity contribution is 7.13. The monoisotopic (exact) mass is 383 g/mol. The molecular weight excluding hydrogens is 358 g/mol. The molecule has 0 bridgehead atoms. The number of aromatic nitrogens is 1. The molecule has 5 nitrogen and oxygen atoms in total. The highest BCUT2D eigenvalue weighted by Crippen LogP contribution is 2.51. The van der Waals surface area contributed by atoms with Crippen molar-refractivity contribution in [3.63, 3.8) is 0 Å². The molecule has 1 aromatic heterocycles. The average molecular weight is 384 g/mol. The van der Waals surface area contributed by atoms with Gasteiger partial charge in [0.05, 0.1) is 11.5 Å². The Morgan fingerprint density at radius 2 is 2.11 bits per heavy atom. The predicted molar refractivity (Wildman–Crippen MR) is 107 cm³/mol. The van der Waals surface area contributed by atoms with Crippen LogP contribution in [0.25, 0.3) is 0 Å². The first-order chi connectivity index (χ1) is 13.1. The minimum absolute atomic E-state index is 0.0555. The van der Waals surface area contributed by atoms with Gasteiger partial charge in [-0.25, -0.2) is 4.98 Å². The van der Waals surface area contributed by atoms with Crippen molar-refractivity contribution in [3.8, 4) is 0 Å². The molecule has 1 fully saturated rings. The van der Waals surface area contributed by atoms with E-state index >= 15 is 0 Å². The molecule has 6 heteroatoms. The minimum Gasteiger partial charge on any atom is -0.329 e. The van der Waals surface area contributed by atoms with E-state index in [1.807, 2.05) is 34.5 Å². The third kappa shape index (κ3) is 2.87. The smallest absolute Gasteiger partial charge is 0.254 e. The number of thiazole rings is 1. The molecule has 0 unspecified atom stereocenters. The predicted octanol–water partition coefficient (Wildman–Crippen LogP) is 4.43. The molecule has 27 heavy (non-hydrogen) atoms. The summed E-state index contributed by atoms with van der Waals surface area (Å²) in [6.45, 7) is 4.20. The van der Waals surface area contributed by atoms with Crippen molar-refractivity contribution in [1.29, 1.82) is 0 Å². The summed E-state index contributed by atoms with van der Waals surface area (Å²) in [5, 5.41) is 5.47. The van der Waals surface area contributed by atoms with E-state index in [0.29, 0.717) is 10.7 Å². The van der Waals surface area contributed by atoms with Crippen molar-refractivity contribution >= 4 is 28.3 Å². The van der Waals surface area contributed by atoms with Gasteiger partial charge < -0.3 is 10.2 Å². The Morgan fingerprint density at radius 1 is 1.37 bits per heavy atom. The Kier molecular flexibility index (Phi) is 4.76. The number of fused-ring (bicyclic) bond motifs is 1. The van der Waals surface area contributed by atoms with Gasteiger partial charge in [0.15, 0.2) is 5.13 Å². The minimum atomic E-state index is -0.442. The SMILES string of the molecule is CC[C@H](C)N1C(=O)c2ccccc2[C@H](C(=O)Nc2nccs2)C12CCCC2. The molecule has 1 N–H and O–H groups in total. The normalized spacial score (nSPS) is 21.9. The lowest BCUT2D eigenvalue weighted by Crippen LogP contribution is -2.62. The van der Waals surface area contributed by atoms with Crippen molar-refractivity contribution in [2.24, 2.45) is 0 Å². The third-order valence-electron chi connectivity index (χ3n) is 6.16. The van der Waals surface area contributed by atoms with E-state index in [1.54, 1.807) is 6.20 Å². The number of nitrogens with zero attached hydrogens (tertiary/aromatic N) is 2. The number of nitrogens with one attached hydrogen (secondary N) is 1. The lowest BCUT2D eigenvalue weighted by atomic mass is 9.70. The molecular formula is C21H25N3O2S. The van der Waals surface area contributed by atoms with Crippen LogP contribution in [0.3, 0.4) is 0 Å². The van der Waals surface area contributed by atoms with E-state index in [1.165, 1.54) is 11.3 Å². The Balaban J connectivity index is 1.85. The summed E-state index contributed by atoms with van der Waals surface area (Å²) < 4.78 is 0. The van der Waals surface area contributed by atoms with Crippen LogP contribution < -0.4 is 5.32 Å². The van der Waals surface area contributed by atoms with Crippen molar-refractivity contribution in [3.05, 3.63) is 47.0 Å². The van der Waals surface area contributed by atoms with Gasteiger partial charge in [-0.05, 0) is 37.8 Å². The molecule has 2 atom stereocenters. The van der Waals surface area contributed by atoms with Crippen LogP contribution in [-0.2, 0) is 4.79 Å². The van der Waals surface area contributed by atoms with Gasteiger partial charge in [-0.3, -0.25) is 9.59 Å². The number of rotatable bonds is 4.